The molecule has 208 valence electrons. The Hall–Kier alpha value is -3.10. The summed E-state index contributed by atoms with van der Waals surface area (Å²) in [6.07, 6.45) is 3.35. The summed E-state index contributed by atoms with van der Waals surface area (Å²) in [5.74, 6) is -0.563. The highest BCUT2D eigenvalue weighted by Gasteiger charge is 2.44. The summed E-state index contributed by atoms with van der Waals surface area (Å²) in [4.78, 5) is 35.9. The second-order valence-corrected chi connectivity index (χ2v) is 9.88. The van der Waals surface area contributed by atoms with Crippen molar-refractivity contribution in [3.8, 4) is 0 Å². The predicted octanol–water partition coefficient (Wildman–Crippen LogP) is -0.446. The number of hydrogen-bond donors (Lipinski definition) is 7. The summed E-state index contributed by atoms with van der Waals surface area (Å²) in [6.45, 7) is 5.23. The quantitative estimate of drug-likeness (QED) is 0.206. The SMILES string of the molecule is CCC(CC)OC1C=C(C(=O)OC[C@H]2N[C@@H](c3c[nH]c4c(N)ncnc34)[C@@H](O)[C@@H]2O)CC(N)C1NC(C)=O. The summed E-state index contributed by atoms with van der Waals surface area (Å²) in [6, 6.07) is -2.43. The fraction of sp³-hybridized carbons (Fsp3) is 0.600. The number of carbonyl (C=O) groups is 2. The lowest BCUT2D eigenvalue weighted by Crippen LogP contribution is -2.57. The first-order valence-corrected chi connectivity index (χ1v) is 12.9. The molecule has 1 saturated heterocycles. The molecule has 0 radical (unpaired) electrons. The zero-order valence-electron chi connectivity index (χ0n) is 21.8. The van der Waals surface area contributed by atoms with E-state index in [-0.39, 0.29) is 30.9 Å². The Labute approximate surface area is 220 Å². The zero-order chi connectivity index (χ0) is 27.6. The van der Waals surface area contributed by atoms with E-state index in [1.807, 2.05) is 13.8 Å². The molecule has 3 heterocycles. The zero-order valence-corrected chi connectivity index (χ0v) is 21.8. The molecule has 0 spiro atoms. The number of nitrogens with two attached hydrogens (primary N) is 2. The van der Waals surface area contributed by atoms with Gasteiger partial charge >= 0.3 is 5.97 Å². The van der Waals surface area contributed by atoms with Crippen LogP contribution in [0.25, 0.3) is 11.0 Å². The van der Waals surface area contributed by atoms with E-state index < -0.39 is 48.4 Å². The van der Waals surface area contributed by atoms with Gasteiger partial charge < -0.3 is 41.5 Å². The molecule has 7 atom stereocenters. The molecule has 1 aliphatic carbocycles. The van der Waals surface area contributed by atoms with E-state index in [0.29, 0.717) is 22.2 Å². The van der Waals surface area contributed by atoms with Crippen LogP contribution in [0.2, 0.25) is 0 Å². The molecule has 2 aromatic rings. The molecule has 2 aliphatic rings. The number of anilines is 1. The van der Waals surface area contributed by atoms with Gasteiger partial charge in [-0.15, -0.1) is 0 Å². The van der Waals surface area contributed by atoms with Gasteiger partial charge in [0.15, 0.2) is 5.82 Å². The van der Waals surface area contributed by atoms with Gasteiger partial charge in [0, 0.05) is 30.3 Å². The number of aromatic nitrogens is 3. The van der Waals surface area contributed by atoms with Gasteiger partial charge in [0.1, 0.15) is 30.7 Å². The van der Waals surface area contributed by atoms with Crippen molar-refractivity contribution in [1.82, 2.24) is 25.6 Å². The van der Waals surface area contributed by atoms with E-state index in [1.165, 1.54) is 13.3 Å². The fourth-order valence-corrected chi connectivity index (χ4v) is 5.15. The Bertz CT molecular complexity index is 1180. The maximum absolute atomic E-state index is 13.0. The minimum absolute atomic E-state index is 0.0588. The molecule has 1 aliphatic heterocycles. The summed E-state index contributed by atoms with van der Waals surface area (Å²) in [5, 5.41) is 27.4. The van der Waals surface area contributed by atoms with E-state index in [2.05, 4.69) is 25.6 Å². The number of aromatic amines is 1. The molecule has 38 heavy (non-hydrogen) atoms. The third-order valence-electron chi connectivity index (χ3n) is 7.28. The Balaban J connectivity index is 1.45. The number of fused-ring (bicyclic) bond motifs is 1. The van der Waals surface area contributed by atoms with Crippen LogP contribution in [0.3, 0.4) is 0 Å². The third-order valence-corrected chi connectivity index (χ3v) is 7.28. The smallest absolute Gasteiger partial charge is 0.333 e. The molecule has 13 heteroatoms. The van der Waals surface area contributed by atoms with Crippen molar-refractivity contribution in [3.05, 3.63) is 29.7 Å². The molecule has 3 unspecified atom stereocenters. The maximum atomic E-state index is 13.0. The molecular weight excluding hydrogens is 494 g/mol. The second kappa shape index (κ2) is 11.7. The standard InChI is InChI=1S/C25H37N7O6/c1-4-13(5-2)38-17-7-12(6-15(26)20(17)31-11(3)33)25(36)37-9-16-22(34)23(35)19(32-16)14-8-28-21-18(14)29-10-30-24(21)27/h7-8,10,13,15-17,19-20,22-23,28,32,34-35H,4-6,9,26H2,1-3H3,(H,31,33)(H2,27,29,30)/t15?,16-,17?,19+,20?,22-,23-/m1/s1. The van der Waals surface area contributed by atoms with Gasteiger partial charge in [-0.25, -0.2) is 14.8 Å². The van der Waals surface area contributed by atoms with Gasteiger partial charge in [-0.05, 0) is 25.3 Å². The summed E-state index contributed by atoms with van der Waals surface area (Å²) in [5.41, 5.74) is 14.2. The number of esters is 1. The van der Waals surface area contributed by atoms with Crippen molar-refractivity contribution < 1.29 is 29.3 Å². The van der Waals surface area contributed by atoms with Gasteiger partial charge in [-0.2, -0.15) is 0 Å². The van der Waals surface area contributed by atoms with Crippen molar-refractivity contribution >= 4 is 28.7 Å². The normalized spacial score (nSPS) is 29.4. The van der Waals surface area contributed by atoms with Crippen molar-refractivity contribution in [1.29, 1.82) is 0 Å². The number of rotatable bonds is 9. The first kappa shape index (κ1) is 27.9. The molecule has 0 bridgehead atoms. The average molecular weight is 532 g/mol. The number of nitrogens with zero attached hydrogens (tertiary/aromatic N) is 2. The lowest BCUT2D eigenvalue weighted by molar-refractivity contribution is -0.141. The molecule has 0 saturated carbocycles. The topological polar surface area (TPSA) is 211 Å². The highest BCUT2D eigenvalue weighted by atomic mass is 16.5. The van der Waals surface area contributed by atoms with Crippen LogP contribution in [0.1, 0.15) is 51.6 Å². The molecule has 2 aromatic heterocycles. The van der Waals surface area contributed by atoms with E-state index >= 15 is 0 Å². The van der Waals surface area contributed by atoms with Gasteiger partial charge in [-0.1, -0.05) is 13.8 Å². The van der Waals surface area contributed by atoms with Crippen molar-refractivity contribution in [2.45, 2.75) is 88.6 Å². The van der Waals surface area contributed by atoms with Crippen molar-refractivity contribution in [3.63, 3.8) is 0 Å². The minimum atomic E-state index is -1.20. The van der Waals surface area contributed by atoms with E-state index in [9.17, 15) is 19.8 Å². The number of nitrogen functional groups attached to an aromatic ring is 1. The van der Waals surface area contributed by atoms with E-state index in [0.717, 1.165) is 12.8 Å². The fourth-order valence-electron chi connectivity index (χ4n) is 5.15. The number of aliphatic hydroxyl groups is 2. The number of aliphatic hydroxyl groups excluding tert-OH is 2. The van der Waals surface area contributed by atoms with Crippen LogP contribution >= 0.6 is 0 Å². The van der Waals surface area contributed by atoms with Crippen LogP contribution in [0.15, 0.2) is 24.2 Å². The van der Waals surface area contributed by atoms with E-state index in [1.54, 1.807) is 12.3 Å². The lowest BCUT2D eigenvalue weighted by atomic mass is 9.88. The maximum Gasteiger partial charge on any atom is 0.333 e. The molecular formula is C25H37N7O6. The van der Waals surface area contributed by atoms with Crippen molar-refractivity contribution in [2.75, 3.05) is 12.3 Å². The highest BCUT2D eigenvalue weighted by Crippen LogP contribution is 2.33. The number of nitrogens with one attached hydrogen (secondary N) is 3. The number of amides is 1. The van der Waals surface area contributed by atoms with Gasteiger partial charge in [-0.3, -0.25) is 10.1 Å². The lowest BCUT2D eigenvalue weighted by Gasteiger charge is -2.36. The number of H-pyrrole nitrogens is 1. The van der Waals surface area contributed by atoms with Crippen LogP contribution in [0, 0.1) is 0 Å². The Morgan fingerprint density at radius 1 is 1.24 bits per heavy atom. The van der Waals surface area contributed by atoms with Crippen LogP contribution in [0.4, 0.5) is 5.82 Å². The first-order valence-electron chi connectivity index (χ1n) is 12.9. The molecule has 4 rings (SSSR count). The molecule has 0 aromatic carbocycles. The molecule has 1 amide bonds. The molecule has 13 nitrogen and oxygen atoms in total. The number of ether oxygens (including phenoxy) is 2. The summed E-state index contributed by atoms with van der Waals surface area (Å²) < 4.78 is 11.7. The highest BCUT2D eigenvalue weighted by molar-refractivity contribution is 5.89. The van der Waals surface area contributed by atoms with Crippen LogP contribution < -0.4 is 22.1 Å². The van der Waals surface area contributed by atoms with Crippen LogP contribution in [-0.2, 0) is 19.1 Å². The largest absolute Gasteiger partial charge is 0.461 e. The number of carbonyl (C=O) groups excluding carboxylic acids is 2. The summed E-state index contributed by atoms with van der Waals surface area (Å²) >= 11 is 0. The van der Waals surface area contributed by atoms with Crippen LogP contribution in [0.5, 0.6) is 0 Å². The van der Waals surface area contributed by atoms with Gasteiger partial charge in [0.2, 0.25) is 5.91 Å². The number of hydrogen-bond acceptors (Lipinski definition) is 11. The molecule has 1 fully saturated rings. The Kier molecular flexibility index (Phi) is 8.63. The van der Waals surface area contributed by atoms with Gasteiger partial charge in [0.25, 0.3) is 0 Å². The van der Waals surface area contributed by atoms with Crippen molar-refractivity contribution in [2.24, 2.45) is 5.73 Å². The first-order chi connectivity index (χ1) is 18.1. The Morgan fingerprint density at radius 3 is 2.66 bits per heavy atom. The van der Waals surface area contributed by atoms with Gasteiger partial charge in [0.05, 0.1) is 35.9 Å². The average Bonchev–Trinajstić information content (AvgIpc) is 3.44. The predicted molar refractivity (Wildman–Crippen MR) is 138 cm³/mol. The second-order valence-electron chi connectivity index (χ2n) is 9.88. The van der Waals surface area contributed by atoms with E-state index in [4.69, 9.17) is 20.9 Å². The summed E-state index contributed by atoms with van der Waals surface area (Å²) in [7, 11) is 0. The third kappa shape index (κ3) is 5.66. The van der Waals surface area contributed by atoms with Crippen LogP contribution in [-0.4, -0.2) is 86.2 Å². The minimum Gasteiger partial charge on any atom is -0.461 e. The Morgan fingerprint density at radius 2 is 1.97 bits per heavy atom. The molecule has 9 N–H and O–H groups in total. The monoisotopic (exact) mass is 531 g/mol.